The fourth-order valence-electron chi connectivity index (χ4n) is 5.17. The van der Waals surface area contributed by atoms with Gasteiger partial charge in [-0.2, -0.15) is 9.61 Å². The number of nitrogens with one attached hydrogen (secondary N) is 1. The summed E-state index contributed by atoms with van der Waals surface area (Å²) in [6, 6.07) is 14.8. The van der Waals surface area contributed by atoms with Crippen LogP contribution in [-0.2, 0) is 23.0 Å². The quantitative estimate of drug-likeness (QED) is 0.417. The molecule has 3 heterocycles. The molecule has 0 saturated carbocycles. The Morgan fingerprint density at radius 2 is 1.76 bits per heavy atom. The number of aromatic nitrogens is 3. The summed E-state index contributed by atoms with van der Waals surface area (Å²) in [6.07, 6.45) is 1.67. The van der Waals surface area contributed by atoms with E-state index < -0.39 is 10.0 Å². The molecule has 0 aliphatic carbocycles. The number of sulfonamides is 1. The Labute approximate surface area is 223 Å². The first-order valence-electron chi connectivity index (χ1n) is 12.4. The van der Waals surface area contributed by atoms with E-state index in [1.165, 1.54) is 0 Å². The lowest BCUT2D eigenvalue weighted by molar-refractivity contribution is 0.0634. The molecular formula is C28H32N6O3S. The van der Waals surface area contributed by atoms with Crippen molar-refractivity contribution in [3.05, 3.63) is 87.7 Å². The third-order valence-electron chi connectivity index (χ3n) is 7.05. The standard InChI is InChI=1S/C28H32N6O3S/c1-17-11-12-23(31-38(6,36)37)22(13-17)28(35)33-16-21-10-8-7-9-20(21)14-25(33)24-15-26-29-19(3)18(2)27(32(4)5)34(26)30-24/h7-13,15,25,31H,14,16H2,1-6H3. The van der Waals surface area contributed by atoms with Gasteiger partial charge in [-0.05, 0) is 50.5 Å². The van der Waals surface area contributed by atoms with Gasteiger partial charge >= 0.3 is 0 Å². The van der Waals surface area contributed by atoms with Crippen molar-refractivity contribution < 1.29 is 13.2 Å². The molecule has 1 aliphatic heterocycles. The summed E-state index contributed by atoms with van der Waals surface area (Å²) in [7, 11) is 0.372. The SMILES string of the molecule is Cc1ccc(NS(C)(=O)=O)c(C(=O)N2Cc3ccccc3CC2c2cc3nc(C)c(C)c(N(C)C)n3n2)c1. The highest BCUT2D eigenvalue weighted by Crippen LogP contribution is 2.36. The summed E-state index contributed by atoms with van der Waals surface area (Å²) in [4.78, 5) is 22.8. The number of fused-ring (bicyclic) bond motifs is 2. The van der Waals surface area contributed by atoms with Gasteiger partial charge in [-0.1, -0.05) is 35.9 Å². The van der Waals surface area contributed by atoms with E-state index in [1.54, 1.807) is 23.1 Å². The fraction of sp³-hybridized carbons (Fsp3) is 0.321. The van der Waals surface area contributed by atoms with Gasteiger partial charge in [0.25, 0.3) is 5.91 Å². The van der Waals surface area contributed by atoms with Gasteiger partial charge < -0.3 is 9.80 Å². The predicted molar refractivity (Wildman–Crippen MR) is 149 cm³/mol. The Balaban J connectivity index is 1.66. The molecule has 1 amide bonds. The van der Waals surface area contributed by atoms with Crippen LogP contribution in [0.3, 0.4) is 0 Å². The number of carbonyl (C=O) groups is 1. The first kappa shape index (κ1) is 25.7. The molecule has 5 rings (SSSR count). The zero-order chi connectivity index (χ0) is 27.4. The average Bonchev–Trinajstić information content (AvgIpc) is 3.26. The largest absolute Gasteiger partial charge is 0.362 e. The average molecular weight is 533 g/mol. The number of nitrogens with zero attached hydrogens (tertiary/aromatic N) is 5. The van der Waals surface area contributed by atoms with E-state index in [9.17, 15) is 13.2 Å². The number of hydrogen-bond donors (Lipinski definition) is 1. The van der Waals surface area contributed by atoms with Gasteiger partial charge in [0.15, 0.2) is 5.65 Å². The van der Waals surface area contributed by atoms with Crippen LogP contribution in [0.2, 0.25) is 0 Å². The Bertz CT molecular complexity index is 1680. The van der Waals surface area contributed by atoms with Gasteiger partial charge in [0.05, 0.1) is 29.2 Å². The van der Waals surface area contributed by atoms with Gasteiger partial charge in [-0.3, -0.25) is 9.52 Å². The molecule has 1 N–H and O–H groups in total. The molecule has 1 atom stereocenters. The van der Waals surface area contributed by atoms with Gasteiger partial charge in [-0.25, -0.2) is 13.4 Å². The second kappa shape index (κ2) is 9.43. The normalized spacial score (nSPS) is 15.4. The van der Waals surface area contributed by atoms with Gasteiger partial charge in [0.2, 0.25) is 10.0 Å². The highest BCUT2D eigenvalue weighted by Gasteiger charge is 2.34. The maximum atomic E-state index is 14.2. The van der Waals surface area contributed by atoms with Crippen molar-refractivity contribution in [1.82, 2.24) is 19.5 Å². The second-order valence-electron chi connectivity index (χ2n) is 10.2. The monoisotopic (exact) mass is 532 g/mol. The Morgan fingerprint density at radius 1 is 1.05 bits per heavy atom. The lowest BCUT2D eigenvalue weighted by atomic mass is 9.91. The van der Waals surface area contributed by atoms with E-state index in [-0.39, 0.29) is 17.6 Å². The molecule has 0 spiro atoms. The fourth-order valence-corrected chi connectivity index (χ4v) is 5.75. The van der Waals surface area contributed by atoms with Gasteiger partial charge in [0, 0.05) is 38.0 Å². The number of carbonyl (C=O) groups excluding carboxylic acids is 1. The number of anilines is 2. The summed E-state index contributed by atoms with van der Waals surface area (Å²) >= 11 is 0. The molecule has 38 heavy (non-hydrogen) atoms. The van der Waals surface area contributed by atoms with Crippen LogP contribution in [0.5, 0.6) is 0 Å². The molecule has 9 nitrogen and oxygen atoms in total. The van der Waals surface area contributed by atoms with Crippen LogP contribution in [0.4, 0.5) is 11.5 Å². The third-order valence-corrected chi connectivity index (χ3v) is 7.64. The van der Waals surface area contributed by atoms with Crippen LogP contribution in [0, 0.1) is 20.8 Å². The zero-order valence-corrected chi connectivity index (χ0v) is 23.3. The Kier molecular flexibility index (Phi) is 6.38. The topological polar surface area (TPSA) is 99.9 Å². The number of rotatable bonds is 5. The van der Waals surface area contributed by atoms with Crippen molar-refractivity contribution in [2.75, 3.05) is 30.0 Å². The molecule has 0 radical (unpaired) electrons. The number of aryl methyl sites for hydroxylation is 2. The lowest BCUT2D eigenvalue weighted by Gasteiger charge is -2.36. The van der Waals surface area contributed by atoms with Crippen LogP contribution in [0.1, 0.15) is 50.0 Å². The minimum absolute atomic E-state index is 0.260. The maximum absolute atomic E-state index is 14.2. The van der Waals surface area contributed by atoms with Gasteiger partial charge in [0.1, 0.15) is 5.82 Å². The van der Waals surface area contributed by atoms with E-state index in [1.807, 2.05) is 68.5 Å². The molecule has 2 aromatic carbocycles. The smallest absolute Gasteiger partial charge is 0.256 e. The van der Waals surface area contributed by atoms with E-state index >= 15 is 0 Å². The number of hydrogen-bond acceptors (Lipinski definition) is 6. The van der Waals surface area contributed by atoms with Crippen LogP contribution in [0.25, 0.3) is 5.65 Å². The van der Waals surface area contributed by atoms with E-state index in [0.29, 0.717) is 24.2 Å². The summed E-state index contributed by atoms with van der Waals surface area (Å²) in [5.41, 5.74) is 7.06. The molecule has 0 saturated heterocycles. The molecular weight excluding hydrogens is 500 g/mol. The first-order valence-corrected chi connectivity index (χ1v) is 14.3. The molecule has 0 bridgehead atoms. The van der Waals surface area contributed by atoms with Crippen molar-refractivity contribution >= 4 is 33.1 Å². The zero-order valence-electron chi connectivity index (χ0n) is 22.5. The van der Waals surface area contributed by atoms with Crippen LogP contribution in [0.15, 0.2) is 48.5 Å². The Morgan fingerprint density at radius 3 is 2.45 bits per heavy atom. The maximum Gasteiger partial charge on any atom is 0.256 e. The molecule has 1 aliphatic rings. The van der Waals surface area contributed by atoms with Gasteiger partial charge in [-0.15, -0.1) is 0 Å². The van der Waals surface area contributed by atoms with Crippen molar-refractivity contribution in [2.24, 2.45) is 0 Å². The third kappa shape index (κ3) is 4.71. The molecule has 198 valence electrons. The first-order chi connectivity index (χ1) is 17.9. The van der Waals surface area contributed by atoms with Crippen molar-refractivity contribution in [3.8, 4) is 0 Å². The van der Waals surface area contributed by atoms with Crippen molar-refractivity contribution in [2.45, 2.75) is 39.8 Å². The second-order valence-corrected chi connectivity index (χ2v) is 12.0. The minimum Gasteiger partial charge on any atom is -0.362 e. The molecule has 0 fully saturated rings. The van der Waals surface area contributed by atoms with E-state index in [4.69, 9.17) is 10.1 Å². The molecule has 10 heteroatoms. The molecule has 2 aromatic heterocycles. The highest BCUT2D eigenvalue weighted by molar-refractivity contribution is 7.92. The highest BCUT2D eigenvalue weighted by atomic mass is 32.2. The van der Waals surface area contributed by atoms with Crippen molar-refractivity contribution in [3.63, 3.8) is 0 Å². The van der Waals surface area contributed by atoms with Crippen molar-refractivity contribution in [1.29, 1.82) is 0 Å². The predicted octanol–water partition coefficient (Wildman–Crippen LogP) is 4.03. The summed E-state index contributed by atoms with van der Waals surface area (Å²) in [5, 5.41) is 4.97. The summed E-state index contributed by atoms with van der Waals surface area (Å²) in [6.45, 7) is 6.27. The van der Waals surface area contributed by atoms with Crippen LogP contribution >= 0.6 is 0 Å². The Hall–Kier alpha value is -3.92. The summed E-state index contributed by atoms with van der Waals surface area (Å²) < 4.78 is 28.5. The van der Waals surface area contributed by atoms with Crippen LogP contribution < -0.4 is 9.62 Å². The summed E-state index contributed by atoms with van der Waals surface area (Å²) in [5.74, 6) is 0.677. The molecule has 1 unspecified atom stereocenters. The van der Waals surface area contributed by atoms with E-state index in [2.05, 4.69) is 10.8 Å². The number of benzene rings is 2. The lowest BCUT2D eigenvalue weighted by Crippen LogP contribution is -2.39. The molecule has 4 aromatic rings. The minimum atomic E-state index is -3.58. The number of amides is 1. The van der Waals surface area contributed by atoms with E-state index in [0.717, 1.165) is 45.7 Å². The van der Waals surface area contributed by atoms with Crippen LogP contribution in [-0.4, -0.2) is 54.2 Å².